The van der Waals surface area contributed by atoms with Gasteiger partial charge < -0.3 is 10.4 Å². The second-order valence-electron chi connectivity index (χ2n) is 4.37. The predicted molar refractivity (Wildman–Crippen MR) is 75.8 cm³/mol. The van der Waals surface area contributed by atoms with Crippen molar-refractivity contribution in [2.75, 3.05) is 5.32 Å². The lowest BCUT2D eigenvalue weighted by Crippen LogP contribution is -2.04. The molecule has 0 bridgehead atoms. The molecule has 0 aliphatic carbocycles. The highest BCUT2D eigenvalue weighted by Crippen LogP contribution is 2.23. The van der Waals surface area contributed by atoms with E-state index in [0.29, 0.717) is 6.54 Å². The summed E-state index contributed by atoms with van der Waals surface area (Å²) in [5.41, 5.74) is 2.45. The van der Waals surface area contributed by atoms with E-state index < -0.39 is 11.9 Å². The lowest BCUT2D eigenvalue weighted by molar-refractivity contribution is 0.200. The van der Waals surface area contributed by atoms with Crippen LogP contribution in [0.4, 0.5) is 10.1 Å². The fourth-order valence-electron chi connectivity index (χ4n) is 1.87. The van der Waals surface area contributed by atoms with Crippen molar-refractivity contribution in [2.24, 2.45) is 0 Å². The molecule has 19 heavy (non-hydrogen) atoms. The monoisotopic (exact) mass is 279 g/mol. The van der Waals surface area contributed by atoms with E-state index in [1.54, 1.807) is 13.0 Å². The average molecular weight is 280 g/mol. The van der Waals surface area contributed by atoms with Gasteiger partial charge in [-0.15, -0.1) is 0 Å². The molecule has 0 aliphatic rings. The van der Waals surface area contributed by atoms with Crippen molar-refractivity contribution in [2.45, 2.75) is 19.6 Å². The van der Waals surface area contributed by atoms with Gasteiger partial charge in [0.25, 0.3) is 0 Å². The fourth-order valence-corrected chi connectivity index (χ4v) is 1.99. The number of para-hydroxylation sites is 1. The molecule has 1 atom stereocenters. The van der Waals surface area contributed by atoms with Crippen LogP contribution in [0, 0.1) is 5.82 Å². The van der Waals surface area contributed by atoms with E-state index >= 15 is 0 Å². The van der Waals surface area contributed by atoms with Crippen LogP contribution < -0.4 is 5.32 Å². The minimum absolute atomic E-state index is 0.119. The molecule has 0 radical (unpaired) electrons. The van der Waals surface area contributed by atoms with Crippen molar-refractivity contribution in [3.8, 4) is 0 Å². The van der Waals surface area contributed by atoms with Crippen molar-refractivity contribution in [1.82, 2.24) is 0 Å². The Bertz CT molecular complexity index is 572. The number of anilines is 1. The van der Waals surface area contributed by atoms with E-state index in [9.17, 15) is 9.50 Å². The van der Waals surface area contributed by atoms with Crippen LogP contribution in [0.15, 0.2) is 42.5 Å². The van der Waals surface area contributed by atoms with Crippen molar-refractivity contribution in [3.05, 3.63) is 64.4 Å². The summed E-state index contributed by atoms with van der Waals surface area (Å²) in [5.74, 6) is -0.426. The van der Waals surface area contributed by atoms with Crippen LogP contribution in [0.3, 0.4) is 0 Å². The van der Waals surface area contributed by atoms with Crippen LogP contribution in [0.5, 0.6) is 0 Å². The standard InChI is InChI=1S/C15H15ClFNO/c1-10(19)12-4-2-3-5-15(12)18-9-11-6-7-13(16)14(17)8-11/h2-8,10,18-19H,9H2,1H3. The third-order valence-electron chi connectivity index (χ3n) is 2.88. The van der Waals surface area contributed by atoms with Gasteiger partial charge in [-0.05, 0) is 30.7 Å². The van der Waals surface area contributed by atoms with Gasteiger partial charge in [-0.2, -0.15) is 0 Å². The maximum absolute atomic E-state index is 13.3. The largest absolute Gasteiger partial charge is 0.389 e. The van der Waals surface area contributed by atoms with E-state index in [4.69, 9.17) is 11.6 Å². The molecule has 0 amide bonds. The van der Waals surface area contributed by atoms with Gasteiger partial charge in [-0.25, -0.2) is 4.39 Å². The second kappa shape index (κ2) is 6.04. The van der Waals surface area contributed by atoms with Gasteiger partial charge in [0.15, 0.2) is 0 Å². The summed E-state index contributed by atoms with van der Waals surface area (Å²) in [6.45, 7) is 2.18. The Balaban J connectivity index is 2.12. The smallest absolute Gasteiger partial charge is 0.142 e. The molecule has 0 spiro atoms. The molecule has 2 nitrogen and oxygen atoms in total. The van der Waals surface area contributed by atoms with E-state index in [2.05, 4.69) is 5.32 Å². The Morgan fingerprint density at radius 1 is 1.26 bits per heavy atom. The normalized spacial score (nSPS) is 12.2. The number of halogens is 2. The Labute approximate surface area is 116 Å². The first kappa shape index (κ1) is 13.8. The predicted octanol–water partition coefficient (Wildman–Crippen LogP) is 4.14. The lowest BCUT2D eigenvalue weighted by atomic mass is 10.1. The van der Waals surface area contributed by atoms with Gasteiger partial charge in [0.05, 0.1) is 11.1 Å². The Morgan fingerprint density at radius 3 is 2.68 bits per heavy atom. The van der Waals surface area contributed by atoms with E-state index in [-0.39, 0.29) is 5.02 Å². The highest BCUT2D eigenvalue weighted by Gasteiger charge is 2.07. The Kier molecular flexibility index (Phi) is 4.40. The van der Waals surface area contributed by atoms with Gasteiger partial charge in [0.2, 0.25) is 0 Å². The van der Waals surface area contributed by atoms with Crippen LogP contribution in [0.25, 0.3) is 0 Å². The number of benzene rings is 2. The zero-order valence-corrected chi connectivity index (χ0v) is 11.3. The number of hydrogen-bond acceptors (Lipinski definition) is 2. The molecule has 0 heterocycles. The van der Waals surface area contributed by atoms with E-state index in [1.165, 1.54) is 12.1 Å². The lowest BCUT2D eigenvalue weighted by Gasteiger charge is -2.14. The number of hydrogen-bond donors (Lipinski definition) is 2. The molecule has 2 aromatic carbocycles. The van der Waals surface area contributed by atoms with Gasteiger partial charge in [-0.1, -0.05) is 35.9 Å². The number of rotatable bonds is 4. The van der Waals surface area contributed by atoms with Gasteiger partial charge in [0.1, 0.15) is 5.82 Å². The molecule has 0 saturated carbocycles. The second-order valence-corrected chi connectivity index (χ2v) is 4.77. The number of nitrogens with one attached hydrogen (secondary N) is 1. The molecule has 0 aliphatic heterocycles. The van der Waals surface area contributed by atoms with Gasteiger partial charge in [-0.3, -0.25) is 0 Å². The summed E-state index contributed by atoms with van der Waals surface area (Å²) in [6, 6.07) is 12.2. The molecule has 0 saturated heterocycles. The SMILES string of the molecule is CC(O)c1ccccc1NCc1ccc(Cl)c(F)c1. The van der Waals surface area contributed by atoms with Crippen LogP contribution in [-0.4, -0.2) is 5.11 Å². The van der Waals surface area contributed by atoms with Crippen LogP contribution in [0.1, 0.15) is 24.2 Å². The topological polar surface area (TPSA) is 32.3 Å². The molecule has 2 aromatic rings. The van der Waals surface area contributed by atoms with Gasteiger partial charge >= 0.3 is 0 Å². The van der Waals surface area contributed by atoms with Crippen molar-refractivity contribution in [1.29, 1.82) is 0 Å². The Hall–Kier alpha value is -1.58. The summed E-state index contributed by atoms with van der Waals surface area (Å²) in [5, 5.41) is 13.0. The number of aliphatic hydroxyl groups excluding tert-OH is 1. The first-order valence-electron chi connectivity index (χ1n) is 6.02. The van der Waals surface area contributed by atoms with Crippen molar-refractivity contribution in [3.63, 3.8) is 0 Å². The minimum atomic E-state index is -0.550. The van der Waals surface area contributed by atoms with E-state index in [0.717, 1.165) is 16.8 Å². The third-order valence-corrected chi connectivity index (χ3v) is 3.18. The van der Waals surface area contributed by atoms with Crippen molar-refractivity contribution < 1.29 is 9.50 Å². The van der Waals surface area contributed by atoms with Gasteiger partial charge in [0, 0.05) is 17.8 Å². The van der Waals surface area contributed by atoms with Crippen LogP contribution in [-0.2, 0) is 6.54 Å². The van der Waals surface area contributed by atoms with Crippen molar-refractivity contribution >= 4 is 17.3 Å². The summed E-state index contributed by atoms with van der Waals surface area (Å²) >= 11 is 5.64. The molecule has 2 N–H and O–H groups in total. The zero-order valence-electron chi connectivity index (χ0n) is 10.5. The molecule has 0 fully saturated rings. The molecule has 4 heteroatoms. The maximum Gasteiger partial charge on any atom is 0.142 e. The highest BCUT2D eigenvalue weighted by molar-refractivity contribution is 6.30. The molecule has 100 valence electrons. The third kappa shape index (κ3) is 3.46. The summed E-state index contributed by atoms with van der Waals surface area (Å²) < 4.78 is 13.3. The summed E-state index contributed by atoms with van der Waals surface area (Å²) in [7, 11) is 0. The highest BCUT2D eigenvalue weighted by atomic mass is 35.5. The first-order chi connectivity index (χ1) is 9.08. The minimum Gasteiger partial charge on any atom is -0.389 e. The van der Waals surface area contributed by atoms with Crippen LogP contribution in [0.2, 0.25) is 5.02 Å². The number of aliphatic hydroxyl groups is 1. The quantitative estimate of drug-likeness (QED) is 0.881. The molecule has 0 aromatic heterocycles. The van der Waals surface area contributed by atoms with Crippen LogP contribution >= 0.6 is 11.6 Å². The van der Waals surface area contributed by atoms with E-state index in [1.807, 2.05) is 24.3 Å². The average Bonchev–Trinajstić information content (AvgIpc) is 2.40. The Morgan fingerprint density at radius 2 is 2.00 bits per heavy atom. The first-order valence-corrected chi connectivity index (χ1v) is 6.40. The molecule has 2 rings (SSSR count). The fraction of sp³-hybridized carbons (Fsp3) is 0.200. The molecular weight excluding hydrogens is 265 g/mol. The maximum atomic E-state index is 13.3. The summed E-state index contributed by atoms with van der Waals surface area (Å²) in [4.78, 5) is 0. The molecule has 1 unspecified atom stereocenters. The summed E-state index contributed by atoms with van der Waals surface area (Å²) in [6.07, 6.45) is -0.550. The molecular formula is C15H15ClFNO. The zero-order chi connectivity index (χ0) is 13.8.